The summed E-state index contributed by atoms with van der Waals surface area (Å²) in [5.41, 5.74) is 6.77. The predicted octanol–water partition coefficient (Wildman–Crippen LogP) is 2.76. The van der Waals surface area contributed by atoms with Crippen LogP contribution in [-0.4, -0.2) is 31.0 Å². The summed E-state index contributed by atoms with van der Waals surface area (Å²) >= 11 is 0. The van der Waals surface area contributed by atoms with Gasteiger partial charge in [0.25, 0.3) is 0 Å². The Morgan fingerprint density at radius 2 is 1.85 bits per heavy atom. The Morgan fingerprint density at radius 3 is 2.30 bits per heavy atom. The zero-order chi connectivity index (χ0) is 14.4. The predicted molar refractivity (Wildman–Crippen MR) is 84.3 cm³/mol. The van der Waals surface area contributed by atoms with Crippen molar-refractivity contribution in [3.05, 3.63) is 29.8 Å². The highest BCUT2D eigenvalue weighted by atomic mass is 35.5. The Balaban J connectivity index is 0.00000361. The molecule has 1 aromatic rings. The standard InChI is InChI=1S/C15H24N2O2.ClH/c1-11(16)5-10-15(18)17(3)12(2)13-6-8-14(19-4)9-7-13;/h6-9,11-12H,5,10,16H2,1-4H3;1H. The maximum absolute atomic E-state index is 12.0. The monoisotopic (exact) mass is 300 g/mol. The van der Waals surface area contributed by atoms with Crippen molar-refractivity contribution in [3.63, 3.8) is 0 Å². The molecule has 1 aromatic carbocycles. The molecule has 1 amide bonds. The molecule has 5 heteroatoms. The lowest BCUT2D eigenvalue weighted by Gasteiger charge is -2.26. The second-order valence-electron chi connectivity index (χ2n) is 4.97. The van der Waals surface area contributed by atoms with E-state index in [2.05, 4.69) is 0 Å². The first-order valence-corrected chi connectivity index (χ1v) is 6.61. The zero-order valence-corrected chi connectivity index (χ0v) is 13.4. The van der Waals surface area contributed by atoms with Gasteiger partial charge in [0.05, 0.1) is 13.2 Å². The topological polar surface area (TPSA) is 55.6 Å². The Kier molecular flexibility index (Phi) is 8.26. The van der Waals surface area contributed by atoms with E-state index in [9.17, 15) is 4.79 Å². The fourth-order valence-electron chi connectivity index (χ4n) is 1.85. The number of methoxy groups -OCH3 is 1. The minimum Gasteiger partial charge on any atom is -0.497 e. The van der Waals surface area contributed by atoms with Gasteiger partial charge in [0.2, 0.25) is 5.91 Å². The van der Waals surface area contributed by atoms with Gasteiger partial charge in [0.15, 0.2) is 0 Å². The van der Waals surface area contributed by atoms with Crippen LogP contribution in [0.1, 0.15) is 38.3 Å². The molecule has 0 bridgehead atoms. The third-order valence-corrected chi connectivity index (χ3v) is 3.39. The number of nitrogens with zero attached hydrogens (tertiary/aromatic N) is 1. The van der Waals surface area contributed by atoms with Gasteiger partial charge in [0, 0.05) is 19.5 Å². The second-order valence-corrected chi connectivity index (χ2v) is 4.97. The van der Waals surface area contributed by atoms with Crippen LogP contribution in [-0.2, 0) is 4.79 Å². The van der Waals surface area contributed by atoms with Crippen LogP contribution in [0.25, 0.3) is 0 Å². The van der Waals surface area contributed by atoms with Crippen molar-refractivity contribution in [3.8, 4) is 5.75 Å². The molecule has 0 heterocycles. The van der Waals surface area contributed by atoms with Gasteiger partial charge in [-0.3, -0.25) is 4.79 Å². The summed E-state index contributed by atoms with van der Waals surface area (Å²) in [6.07, 6.45) is 1.22. The van der Waals surface area contributed by atoms with E-state index < -0.39 is 0 Å². The molecule has 4 nitrogen and oxygen atoms in total. The van der Waals surface area contributed by atoms with Gasteiger partial charge >= 0.3 is 0 Å². The SMILES string of the molecule is COc1ccc(C(C)N(C)C(=O)CCC(C)N)cc1.Cl. The fraction of sp³-hybridized carbons (Fsp3) is 0.533. The molecule has 114 valence electrons. The molecule has 1 rings (SSSR count). The number of halogens is 1. The second kappa shape index (κ2) is 8.82. The Bertz CT molecular complexity index is 407. The molecule has 0 aliphatic heterocycles. The van der Waals surface area contributed by atoms with E-state index >= 15 is 0 Å². The minimum absolute atomic E-state index is 0. The van der Waals surface area contributed by atoms with Crippen LogP contribution in [0, 0.1) is 0 Å². The normalized spacial score (nSPS) is 13.1. The number of carbonyl (C=O) groups is 1. The summed E-state index contributed by atoms with van der Waals surface area (Å²) in [5, 5.41) is 0. The van der Waals surface area contributed by atoms with Crippen molar-refractivity contribution in [2.45, 2.75) is 38.8 Å². The molecule has 0 fully saturated rings. The van der Waals surface area contributed by atoms with Gasteiger partial charge in [-0.25, -0.2) is 0 Å². The minimum atomic E-state index is 0. The van der Waals surface area contributed by atoms with Gasteiger partial charge in [-0.2, -0.15) is 0 Å². The molecule has 0 radical (unpaired) electrons. The summed E-state index contributed by atoms with van der Waals surface area (Å²) in [7, 11) is 3.47. The van der Waals surface area contributed by atoms with Gasteiger partial charge in [-0.05, 0) is 38.0 Å². The zero-order valence-electron chi connectivity index (χ0n) is 12.6. The molecule has 2 N–H and O–H groups in total. The first-order valence-electron chi connectivity index (χ1n) is 6.61. The molecule has 2 unspecified atom stereocenters. The van der Waals surface area contributed by atoms with Gasteiger partial charge < -0.3 is 15.4 Å². The van der Waals surface area contributed by atoms with Crippen molar-refractivity contribution in [1.82, 2.24) is 4.90 Å². The van der Waals surface area contributed by atoms with Crippen molar-refractivity contribution in [2.75, 3.05) is 14.2 Å². The van der Waals surface area contributed by atoms with Crippen LogP contribution < -0.4 is 10.5 Å². The van der Waals surface area contributed by atoms with E-state index in [0.717, 1.165) is 17.7 Å². The summed E-state index contributed by atoms with van der Waals surface area (Å²) in [4.78, 5) is 13.8. The maximum Gasteiger partial charge on any atom is 0.222 e. The number of hydrogen-bond acceptors (Lipinski definition) is 3. The lowest BCUT2D eigenvalue weighted by Crippen LogP contribution is -2.30. The number of ether oxygens (including phenoxy) is 1. The highest BCUT2D eigenvalue weighted by Gasteiger charge is 2.17. The van der Waals surface area contributed by atoms with E-state index in [1.165, 1.54) is 0 Å². The highest BCUT2D eigenvalue weighted by molar-refractivity contribution is 5.85. The summed E-state index contributed by atoms with van der Waals surface area (Å²) in [6, 6.07) is 7.90. The molecule has 0 saturated carbocycles. The van der Waals surface area contributed by atoms with Crippen molar-refractivity contribution in [1.29, 1.82) is 0 Å². The van der Waals surface area contributed by atoms with E-state index in [0.29, 0.717) is 6.42 Å². The smallest absolute Gasteiger partial charge is 0.222 e. The Morgan fingerprint density at radius 1 is 1.30 bits per heavy atom. The number of rotatable bonds is 6. The third-order valence-electron chi connectivity index (χ3n) is 3.39. The quantitative estimate of drug-likeness (QED) is 0.879. The van der Waals surface area contributed by atoms with E-state index in [1.54, 1.807) is 12.0 Å². The Labute approximate surface area is 127 Å². The van der Waals surface area contributed by atoms with Crippen LogP contribution in [0.5, 0.6) is 5.75 Å². The third kappa shape index (κ3) is 5.39. The van der Waals surface area contributed by atoms with Gasteiger partial charge in [-0.1, -0.05) is 12.1 Å². The molecule has 20 heavy (non-hydrogen) atoms. The van der Waals surface area contributed by atoms with E-state index in [4.69, 9.17) is 10.5 Å². The average Bonchev–Trinajstić information content (AvgIpc) is 2.43. The molecule has 0 aliphatic rings. The van der Waals surface area contributed by atoms with Gasteiger partial charge in [-0.15, -0.1) is 12.4 Å². The number of carbonyl (C=O) groups excluding carboxylic acids is 1. The summed E-state index contributed by atoms with van der Waals surface area (Å²) in [6.45, 7) is 3.94. The first kappa shape index (κ1) is 18.7. The fourth-order valence-corrected chi connectivity index (χ4v) is 1.85. The van der Waals surface area contributed by atoms with Gasteiger partial charge in [0.1, 0.15) is 5.75 Å². The first-order chi connectivity index (χ1) is 8.95. The largest absolute Gasteiger partial charge is 0.497 e. The van der Waals surface area contributed by atoms with Crippen LogP contribution in [0.4, 0.5) is 0 Å². The average molecular weight is 301 g/mol. The van der Waals surface area contributed by atoms with Crippen molar-refractivity contribution in [2.24, 2.45) is 5.73 Å². The van der Waals surface area contributed by atoms with Crippen LogP contribution in [0.15, 0.2) is 24.3 Å². The lowest BCUT2D eigenvalue weighted by molar-refractivity contribution is -0.132. The van der Waals surface area contributed by atoms with E-state index in [-0.39, 0.29) is 30.4 Å². The number of benzene rings is 1. The molecular formula is C15H25ClN2O2. The van der Waals surface area contributed by atoms with Crippen LogP contribution in [0.3, 0.4) is 0 Å². The molecule has 0 spiro atoms. The van der Waals surface area contributed by atoms with Crippen LogP contribution in [0.2, 0.25) is 0 Å². The number of hydrogen-bond donors (Lipinski definition) is 1. The molecule has 0 aromatic heterocycles. The van der Waals surface area contributed by atoms with Crippen molar-refractivity contribution < 1.29 is 9.53 Å². The molecule has 2 atom stereocenters. The Hall–Kier alpha value is -1.26. The number of nitrogens with two attached hydrogens (primary N) is 1. The molecule has 0 saturated heterocycles. The molecular weight excluding hydrogens is 276 g/mol. The summed E-state index contributed by atoms with van der Waals surface area (Å²) < 4.78 is 5.13. The maximum atomic E-state index is 12.0. The van der Waals surface area contributed by atoms with Crippen LogP contribution >= 0.6 is 12.4 Å². The molecule has 0 aliphatic carbocycles. The summed E-state index contributed by atoms with van der Waals surface area (Å²) in [5.74, 6) is 0.947. The highest BCUT2D eigenvalue weighted by Crippen LogP contribution is 2.22. The van der Waals surface area contributed by atoms with Crippen molar-refractivity contribution >= 4 is 18.3 Å². The number of amides is 1. The van der Waals surface area contributed by atoms with E-state index in [1.807, 2.05) is 45.2 Å². The lowest BCUT2D eigenvalue weighted by atomic mass is 10.1.